The first-order valence-corrected chi connectivity index (χ1v) is 6.26. The van der Waals surface area contributed by atoms with Gasteiger partial charge in [0.15, 0.2) is 0 Å². The van der Waals surface area contributed by atoms with Crippen molar-refractivity contribution in [2.75, 3.05) is 0 Å². The zero-order valence-corrected chi connectivity index (χ0v) is 13.6. The molecule has 1 nitrogen and oxygen atoms in total. The number of benzene rings is 1. The Morgan fingerprint density at radius 1 is 1.31 bits per heavy atom. The second kappa shape index (κ2) is 6.05. The average molecular weight is 394 g/mol. The molecule has 0 saturated carbocycles. The van der Waals surface area contributed by atoms with Crippen LogP contribution in [-0.4, -0.2) is 4.57 Å². The molecular formula is C13H17BrIN. The number of nitrogens with zero attached hydrogens (tertiary/aromatic N) is 1. The van der Waals surface area contributed by atoms with E-state index < -0.39 is 0 Å². The molecule has 0 aliphatic carbocycles. The van der Waals surface area contributed by atoms with Gasteiger partial charge in [0.25, 0.3) is 0 Å². The summed E-state index contributed by atoms with van der Waals surface area (Å²) in [6.07, 6.45) is 4.75. The van der Waals surface area contributed by atoms with Crippen LogP contribution in [0.5, 0.6) is 0 Å². The summed E-state index contributed by atoms with van der Waals surface area (Å²) in [6, 6.07) is 6.51. The van der Waals surface area contributed by atoms with Crippen molar-refractivity contribution in [2.45, 2.75) is 33.2 Å². The minimum atomic E-state index is 0. The van der Waals surface area contributed by atoms with E-state index in [4.69, 9.17) is 0 Å². The van der Waals surface area contributed by atoms with Crippen LogP contribution in [0, 0.1) is 6.92 Å². The summed E-state index contributed by atoms with van der Waals surface area (Å²) in [5.74, 6) is 0. The number of aromatic nitrogens is 1. The molecule has 0 radical (unpaired) electrons. The molecule has 3 heteroatoms. The molecule has 0 bridgehead atoms. The SMILES string of the molecule is CCCCn1cc(C)c2cc(Br)ccc21.I. The molecule has 0 unspecified atom stereocenters. The molecule has 88 valence electrons. The highest BCUT2D eigenvalue weighted by molar-refractivity contribution is 14.0. The van der Waals surface area contributed by atoms with E-state index in [1.807, 2.05) is 0 Å². The lowest BCUT2D eigenvalue weighted by Crippen LogP contribution is -1.94. The first-order valence-electron chi connectivity index (χ1n) is 5.47. The van der Waals surface area contributed by atoms with Gasteiger partial charge in [-0.1, -0.05) is 29.3 Å². The third-order valence-electron chi connectivity index (χ3n) is 2.79. The molecule has 2 aromatic rings. The number of fused-ring (bicyclic) bond motifs is 1. The third-order valence-corrected chi connectivity index (χ3v) is 3.29. The molecule has 2 rings (SSSR count). The van der Waals surface area contributed by atoms with E-state index in [9.17, 15) is 0 Å². The van der Waals surface area contributed by atoms with Crippen molar-refractivity contribution in [3.63, 3.8) is 0 Å². The van der Waals surface area contributed by atoms with Crippen molar-refractivity contribution in [2.24, 2.45) is 0 Å². The molecule has 16 heavy (non-hydrogen) atoms. The molecule has 0 aliphatic rings. The largest absolute Gasteiger partial charge is 0.347 e. The Balaban J connectivity index is 0.00000128. The molecule has 1 aromatic heterocycles. The lowest BCUT2D eigenvalue weighted by molar-refractivity contribution is 0.649. The number of halogens is 2. The summed E-state index contributed by atoms with van der Waals surface area (Å²) in [4.78, 5) is 0. The summed E-state index contributed by atoms with van der Waals surface area (Å²) < 4.78 is 3.52. The van der Waals surface area contributed by atoms with E-state index in [0.717, 1.165) is 11.0 Å². The van der Waals surface area contributed by atoms with Crippen LogP contribution in [0.25, 0.3) is 10.9 Å². The van der Waals surface area contributed by atoms with E-state index in [-0.39, 0.29) is 24.0 Å². The molecule has 1 heterocycles. The Morgan fingerprint density at radius 2 is 2.06 bits per heavy atom. The van der Waals surface area contributed by atoms with Crippen LogP contribution < -0.4 is 0 Å². The number of rotatable bonds is 3. The number of unbranched alkanes of at least 4 members (excludes halogenated alkanes) is 1. The van der Waals surface area contributed by atoms with Gasteiger partial charge in [0.2, 0.25) is 0 Å². The minimum absolute atomic E-state index is 0. The van der Waals surface area contributed by atoms with Crippen LogP contribution in [0.2, 0.25) is 0 Å². The Bertz CT molecular complexity index is 476. The van der Waals surface area contributed by atoms with Gasteiger partial charge in [0, 0.05) is 28.1 Å². The first kappa shape index (κ1) is 14.0. The zero-order chi connectivity index (χ0) is 10.8. The minimum Gasteiger partial charge on any atom is -0.347 e. The Morgan fingerprint density at radius 3 is 2.75 bits per heavy atom. The van der Waals surface area contributed by atoms with Gasteiger partial charge < -0.3 is 4.57 Å². The summed E-state index contributed by atoms with van der Waals surface area (Å²) in [7, 11) is 0. The molecule has 1 aromatic carbocycles. The fourth-order valence-electron chi connectivity index (χ4n) is 1.96. The fourth-order valence-corrected chi connectivity index (χ4v) is 2.32. The molecule has 0 aliphatic heterocycles. The highest BCUT2D eigenvalue weighted by Gasteiger charge is 2.04. The van der Waals surface area contributed by atoms with Crippen molar-refractivity contribution in [3.05, 3.63) is 34.4 Å². The predicted molar refractivity (Wildman–Crippen MR) is 84.7 cm³/mol. The van der Waals surface area contributed by atoms with Crippen LogP contribution in [-0.2, 0) is 6.54 Å². The Labute approximate surface area is 122 Å². The molecular weight excluding hydrogens is 377 g/mol. The van der Waals surface area contributed by atoms with Crippen LogP contribution in [0.4, 0.5) is 0 Å². The Hall–Kier alpha value is -0.0300. The van der Waals surface area contributed by atoms with Gasteiger partial charge in [-0.25, -0.2) is 0 Å². The highest BCUT2D eigenvalue weighted by atomic mass is 127. The van der Waals surface area contributed by atoms with Gasteiger partial charge in [-0.15, -0.1) is 24.0 Å². The molecule has 0 N–H and O–H groups in total. The Kier molecular flexibility index (Phi) is 5.31. The first-order chi connectivity index (χ1) is 7.22. The number of hydrogen-bond acceptors (Lipinski definition) is 0. The van der Waals surface area contributed by atoms with Gasteiger partial charge in [-0.2, -0.15) is 0 Å². The quantitative estimate of drug-likeness (QED) is 0.637. The van der Waals surface area contributed by atoms with Gasteiger partial charge in [0.1, 0.15) is 0 Å². The van der Waals surface area contributed by atoms with Crippen LogP contribution in [0.15, 0.2) is 28.9 Å². The molecule has 0 spiro atoms. The van der Waals surface area contributed by atoms with E-state index in [1.54, 1.807) is 0 Å². The average Bonchev–Trinajstić information content (AvgIpc) is 2.53. The van der Waals surface area contributed by atoms with E-state index >= 15 is 0 Å². The maximum Gasteiger partial charge on any atom is 0.0483 e. The maximum atomic E-state index is 3.52. The second-order valence-corrected chi connectivity index (χ2v) is 4.94. The van der Waals surface area contributed by atoms with Crippen LogP contribution >= 0.6 is 39.9 Å². The van der Waals surface area contributed by atoms with E-state index in [0.29, 0.717) is 0 Å². The smallest absolute Gasteiger partial charge is 0.0483 e. The van der Waals surface area contributed by atoms with Crippen molar-refractivity contribution in [1.82, 2.24) is 4.57 Å². The van der Waals surface area contributed by atoms with E-state index in [2.05, 4.69) is 58.7 Å². The van der Waals surface area contributed by atoms with Crippen molar-refractivity contribution in [3.8, 4) is 0 Å². The van der Waals surface area contributed by atoms with Crippen molar-refractivity contribution in [1.29, 1.82) is 0 Å². The van der Waals surface area contributed by atoms with Gasteiger partial charge in [-0.3, -0.25) is 0 Å². The van der Waals surface area contributed by atoms with Crippen molar-refractivity contribution >= 4 is 50.8 Å². The lowest BCUT2D eigenvalue weighted by Gasteiger charge is -2.03. The predicted octanol–water partition coefficient (Wildman–Crippen LogP) is 5.13. The monoisotopic (exact) mass is 393 g/mol. The summed E-state index contributed by atoms with van der Waals surface area (Å²) in [5, 5.41) is 1.36. The second-order valence-electron chi connectivity index (χ2n) is 4.02. The topological polar surface area (TPSA) is 4.93 Å². The lowest BCUT2D eigenvalue weighted by atomic mass is 10.2. The highest BCUT2D eigenvalue weighted by Crippen LogP contribution is 2.24. The standard InChI is InChI=1S/C13H16BrN.HI/c1-3-4-7-15-9-10(2)12-8-11(14)5-6-13(12)15;/h5-6,8-9H,3-4,7H2,1-2H3;1H. The number of hydrogen-bond donors (Lipinski definition) is 0. The summed E-state index contributed by atoms with van der Waals surface area (Å²) in [6.45, 7) is 5.54. The van der Waals surface area contributed by atoms with Crippen LogP contribution in [0.1, 0.15) is 25.3 Å². The summed E-state index contributed by atoms with van der Waals surface area (Å²) >= 11 is 3.52. The van der Waals surface area contributed by atoms with E-state index in [1.165, 1.54) is 29.3 Å². The fraction of sp³-hybridized carbons (Fsp3) is 0.385. The maximum absolute atomic E-state index is 3.52. The summed E-state index contributed by atoms with van der Waals surface area (Å²) in [5.41, 5.74) is 2.71. The molecule has 0 saturated heterocycles. The zero-order valence-electron chi connectivity index (χ0n) is 9.66. The normalized spacial score (nSPS) is 10.4. The number of aryl methyl sites for hydroxylation is 2. The van der Waals surface area contributed by atoms with Crippen LogP contribution in [0.3, 0.4) is 0 Å². The third kappa shape index (κ3) is 2.80. The molecule has 0 fully saturated rings. The molecule has 0 atom stereocenters. The van der Waals surface area contributed by atoms with Gasteiger partial charge in [-0.05, 0) is 37.1 Å². The van der Waals surface area contributed by atoms with Crippen molar-refractivity contribution < 1.29 is 0 Å². The van der Waals surface area contributed by atoms with Gasteiger partial charge in [0.05, 0.1) is 0 Å². The molecule has 0 amide bonds. The van der Waals surface area contributed by atoms with Gasteiger partial charge >= 0.3 is 0 Å².